The average Bonchev–Trinajstić information content (AvgIpc) is 3.90. The van der Waals surface area contributed by atoms with Crippen LogP contribution in [-0.2, 0) is 0 Å². The van der Waals surface area contributed by atoms with E-state index in [0.717, 1.165) is 44.0 Å². The van der Waals surface area contributed by atoms with Crippen molar-refractivity contribution in [2.75, 3.05) is 0 Å². The normalized spacial score (nSPS) is 12.6. The van der Waals surface area contributed by atoms with E-state index in [2.05, 4.69) is 179 Å². The standard InChI is InChI=1S/C52H28N4S/c1-3-14-31-29(12-1)26-27-39-47(31)53-52(54-48(39)40-22-10-21-38-34-17-6-8-25-44(34)57-51(38)40)55-42-24-11-18-35-37-20-9-19-36-33-16-5-7-23-41(33)56(49(36)37)50-32-15-4-2-13-30(32)28-43(55)46(50)45(35)42/h1-28H. The van der Waals surface area contributed by atoms with Gasteiger partial charge in [0.15, 0.2) is 0 Å². The van der Waals surface area contributed by atoms with Gasteiger partial charge < -0.3 is 4.40 Å². The third-order valence-corrected chi connectivity index (χ3v) is 13.6. The van der Waals surface area contributed by atoms with Crippen LogP contribution >= 0.6 is 11.3 Å². The number of nitrogens with zero attached hydrogens (tertiary/aromatic N) is 4. The molecule has 0 atom stereocenters. The minimum Gasteiger partial charge on any atom is -0.307 e. The van der Waals surface area contributed by atoms with Gasteiger partial charge in [0.1, 0.15) is 0 Å². The Hall–Kier alpha value is -7.34. The molecule has 0 aliphatic heterocycles. The van der Waals surface area contributed by atoms with Crippen LogP contribution in [0.15, 0.2) is 170 Å². The molecule has 14 rings (SSSR count). The smallest absolute Gasteiger partial charge is 0.235 e. The Morgan fingerprint density at radius 1 is 0.404 bits per heavy atom. The first-order chi connectivity index (χ1) is 28.3. The number of hydrogen-bond acceptors (Lipinski definition) is 3. The zero-order valence-electron chi connectivity index (χ0n) is 30.4. The van der Waals surface area contributed by atoms with Crippen LogP contribution in [0.2, 0.25) is 0 Å². The molecule has 14 aromatic rings. The second-order valence-corrected chi connectivity index (χ2v) is 16.3. The van der Waals surface area contributed by atoms with E-state index in [0.29, 0.717) is 5.95 Å². The van der Waals surface area contributed by atoms with Gasteiger partial charge in [-0.1, -0.05) is 140 Å². The van der Waals surface area contributed by atoms with Crippen molar-refractivity contribution in [1.82, 2.24) is 18.9 Å². The molecule has 262 valence electrons. The first kappa shape index (κ1) is 29.9. The van der Waals surface area contributed by atoms with Gasteiger partial charge in [-0.3, -0.25) is 4.57 Å². The molecule has 5 heterocycles. The molecule has 4 nitrogen and oxygen atoms in total. The monoisotopic (exact) mass is 740 g/mol. The van der Waals surface area contributed by atoms with Gasteiger partial charge in [-0.05, 0) is 46.5 Å². The number of hydrogen-bond donors (Lipinski definition) is 0. The maximum atomic E-state index is 5.70. The van der Waals surface area contributed by atoms with Crippen LogP contribution in [0.25, 0.3) is 130 Å². The highest BCUT2D eigenvalue weighted by Crippen LogP contribution is 2.47. The Labute approximate surface area is 328 Å². The van der Waals surface area contributed by atoms with Crippen LogP contribution in [-0.4, -0.2) is 18.9 Å². The van der Waals surface area contributed by atoms with Crippen molar-refractivity contribution in [3.8, 4) is 17.2 Å². The third kappa shape index (κ3) is 3.77. The lowest BCUT2D eigenvalue weighted by atomic mass is 10.0. The number of aromatic nitrogens is 4. The van der Waals surface area contributed by atoms with Gasteiger partial charge in [0.2, 0.25) is 5.95 Å². The largest absolute Gasteiger partial charge is 0.307 e. The molecule has 5 heteroatoms. The molecule has 9 aromatic carbocycles. The Kier molecular flexibility index (Phi) is 5.62. The summed E-state index contributed by atoms with van der Waals surface area (Å²) in [5.41, 5.74) is 8.87. The summed E-state index contributed by atoms with van der Waals surface area (Å²) in [4.78, 5) is 11.3. The summed E-state index contributed by atoms with van der Waals surface area (Å²) >= 11 is 1.84. The van der Waals surface area contributed by atoms with Crippen molar-refractivity contribution in [2.24, 2.45) is 0 Å². The zero-order valence-corrected chi connectivity index (χ0v) is 31.2. The van der Waals surface area contributed by atoms with Gasteiger partial charge in [0.05, 0.1) is 38.8 Å². The molecule has 0 bridgehead atoms. The number of thiophene rings is 1. The lowest BCUT2D eigenvalue weighted by Gasteiger charge is -2.14. The molecule has 0 spiro atoms. The maximum absolute atomic E-state index is 5.70. The molecular formula is C52H28N4S. The molecular weight excluding hydrogens is 713 g/mol. The van der Waals surface area contributed by atoms with Crippen LogP contribution in [0.3, 0.4) is 0 Å². The van der Waals surface area contributed by atoms with E-state index in [1.165, 1.54) is 79.8 Å². The molecule has 0 unspecified atom stereocenters. The lowest BCUT2D eigenvalue weighted by molar-refractivity contribution is 1.02. The highest BCUT2D eigenvalue weighted by atomic mass is 32.1. The molecule has 0 fully saturated rings. The summed E-state index contributed by atoms with van der Waals surface area (Å²) in [6.45, 7) is 0. The molecule has 5 aromatic heterocycles. The summed E-state index contributed by atoms with van der Waals surface area (Å²) in [6, 6.07) is 62.1. The van der Waals surface area contributed by atoms with Gasteiger partial charge in [-0.15, -0.1) is 11.3 Å². The first-order valence-corrected chi connectivity index (χ1v) is 20.2. The predicted molar refractivity (Wildman–Crippen MR) is 242 cm³/mol. The van der Waals surface area contributed by atoms with Crippen molar-refractivity contribution >= 4 is 124 Å². The fourth-order valence-corrected chi connectivity index (χ4v) is 11.3. The van der Waals surface area contributed by atoms with Crippen LogP contribution in [0.4, 0.5) is 0 Å². The Bertz CT molecular complexity index is 4050. The molecule has 0 saturated heterocycles. The quantitative estimate of drug-likeness (QED) is 0.165. The summed E-state index contributed by atoms with van der Waals surface area (Å²) in [5, 5.41) is 15.7. The predicted octanol–water partition coefficient (Wildman–Crippen LogP) is 14.2. The Morgan fingerprint density at radius 2 is 1.07 bits per heavy atom. The molecule has 0 radical (unpaired) electrons. The molecule has 0 aliphatic rings. The van der Waals surface area contributed by atoms with Crippen molar-refractivity contribution in [3.63, 3.8) is 0 Å². The minimum atomic E-state index is 0.668. The van der Waals surface area contributed by atoms with E-state index < -0.39 is 0 Å². The Balaban J connectivity index is 1.22. The Morgan fingerprint density at radius 3 is 1.98 bits per heavy atom. The van der Waals surface area contributed by atoms with Crippen LogP contribution in [0.1, 0.15) is 0 Å². The summed E-state index contributed by atoms with van der Waals surface area (Å²) in [6.07, 6.45) is 0. The third-order valence-electron chi connectivity index (χ3n) is 12.4. The SMILES string of the molecule is c1ccc2c(c1)ccc1c(-c3cccc4c3sc3ccccc34)nc(-n3c4cccc5c6cccc7c8ccccc8n(c67)c6c7ccccc7cc3c6c54)nc12. The number of para-hydroxylation sites is 2. The summed E-state index contributed by atoms with van der Waals surface area (Å²) < 4.78 is 7.40. The van der Waals surface area contributed by atoms with Crippen LogP contribution in [0.5, 0.6) is 0 Å². The molecule has 0 saturated carbocycles. The first-order valence-electron chi connectivity index (χ1n) is 19.4. The van der Waals surface area contributed by atoms with E-state index in [-0.39, 0.29) is 0 Å². The molecule has 57 heavy (non-hydrogen) atoms. The number of rotatable bonds is 2. The topological polar surface area (TPSA) is 35.1 Å². The molecule has 0 N–H and O–H groups in total. The fourth-order valence-electron chi connectivity index (χ4n) is 10.1. The zero-order chi connectivity index (χ0) is 36.9. The van der Waals surface area contributed by atoms with Gasteiger partial charge in [0.25, 0.3) is 0 Å². The van der Waals surface area contributed by atoms with Gasteiger partial charge in [0, 0.05) is 68.8 Å². The maximum Gasteiger partial charge on any atom is 0.235 e. The van der Waals surface area contributed by atoms with Crippen LogP contribution < -0.4 is 0 Å². The van der Waals surface area contributed by atoms with Crippen molar-refractivity contribution in [2.45, 2.75) is 0 Å². The second-order valence-electron chi connectivity index (χ2n) is 15.3. The minimum absolute atomic E-state index is 0.668. The van der Waals surface area contributed by atoms with Gasteiger partial charge >= 0.3 is 0 Å². The summed E-state index contributed by atoms with van der Waals surface area (Å²) in [5.74, 6) is 0.668. The van der Waals surface area contributed by atoms with Crippen molar-refractivity contribution < 1.29 is 0 Å². The molecule has 0 aliphatic carbocycles. The van der Waals surface area contributed by atoms with Gasteiger partial charge in [-0.25, -0.2) is 9.97 Å². The highest BCUT2D eigenvalue weighted by molar-refractivity contribution is 7.26. The summed E-state index contributed by atoms with van der Waals surface area (Å²) in [7, 11) is 0. The van der Waals surface area contributed by atoms with E-state index in [4.69, 9.17) is 9.97 Å². The van der Waals surface area contributed by atoms with E-state index in [1.807, 2.05) is 11.3 Å². The second kappa shape index (κ2) is 10.7. The molecule has 0 amide bonds. The number of benzene rings is 9. The average molecular weight is 741 g/mol. The van der Waals surface area contributed by atoms with Gasteiger partial charge in [-0.2, -0.15) is 0 Å². The fraction of sp³-hybridized carbons (Fsp3) is 0. The highest BCUT2D eigenvalue weighted by Gasteiger charge is 2.26. The van der Waals surface area contributed by atoms with E-state index in [9.17, 15) is 0 Å². The van der Waals surface area contributed by atoms with Crippen molar-refractivity contribution in [1.29, 1.82) is 0 Å². The van der Waals surface area contributed by atoms with Crippen LogP contribution in [0, 0.1) is 0 Å². The van der Waals surface area contributed by atoms with E-state index in [1.54, 1.807) is 0 Å². The lowest BCUT2D eigenvalue weighted by Crippen LogP contribution is -2.04. The van der Waals surface area contributed by atoms with E-state index >= 15 is 0 Å². The number of fused-ring (bicyclic) bond motifs is 13. The van der Waals surface area contributed by atoms with Crippen molar-refractivity contribution in [3.05, 3.63) is 170 Å².